The van der Waals surface area contributed by atoms with Crippen molar-refractivity contribution in [1.82, 2.24) is 4.98 Å². The van der Waals surface area contributed by atoms with Crippen molar-refractivity contribution in [3.05, 3.63) is 41.5 Å². The summed E-state index contributed by atoms with van der Waals surface area (Å²) in [5.41, 5.74) is 7.48. The molecule has 0 radical (unpaired) electrons. The van der Waals surface area contributed by atoms with Crippen molar-refractivity contribution in [1.29, 1.82) is 0 Å². The van der Waals surface area contributed by atoms with E-state index in [9.17, 15) is 4.39 Å². The summed E-state index contributed by atoms with van der Waals surface area (Å²) >= 11 is 1.39. The molecule has 1 atom stereocenters. The Balaban J connectivity index is 2.26. The van der Waals surface area contributed by atoms with Gasteiger partial charge < -0.3 is 10.2 Å². The van der Waals surface area contributed by atoms with Crippen LogP contribution in [0.15, 0.2) is 39.0 Å². The second-order valence-corrected chi connectivity index (χ2v) is 5.28. The smallest absolute Gasteiger partial charge is 0.260 e. The van der Waals surface area contributed by atoms with E-state index in [-0.39, 0.29) is 11.9 Å². The van der Waals surface area contributed by atoms with Crippen LogP contribution in [0.3, 0.4) is 0 Å². The molecule has 1 heterocycles. The minimum absolute atomic E-state index is 0.0163. The van der Waals surface area contributed by atoms with Gasteiger partial charge in [0, 0.05) is 10.9 Å². The molecule has 2 N–H and O–H groups in total. The van der Waals surface area contributed by atoms with Gasteiger partial charge in [-0.25, -0.2) is 9.37 Å². The maximum atomic E-state index is 13.3. The molecule has 5 heteroatoms. The molecule has 1 unspecified atom stereocenters. The van der Waals surface area contributed by atoms with E-state index in [1.807, 2.05) is 13.8 Å². The van der Waals surface area contributed by atoms with E-state index >= 15 is 0 Å². The Hall–Kier alpha value is -1.33. The summed E-state index contributed by atoms with van der Waals surface area (Å²) in [7, 11) is 0. The van der Waals surface area contributed by atoms with Gasteiger partial charge in [-0.1, -0.05) is 0 Å². The first-order valence-corrected chi connectivity index (χ1v) is 6.50. The van der Waals surface area contributed by atoms with E-state index in [0.29, 0.717) is 11.6 Å². The molecule has 2 rings (SSSR count). The summed E-state index contributed by atoms with van der Waals surface area (Å²) in [6.45, 7) is 3.76. The van der Waals surface area contributed by atoms with Gasteiger partial charge in [0.2, 0.25) is 0 Å². The molecule has 0 saturated carbocycles. The van der Waals surface area contributed by atoms with Crippen LogP contribution in [0.25, 0.3) is 0 Å². The van der Waals surface area contributed by atoms with Crippen LogP contribution in [-0.4, -0.2) is 11.0 Å². The average Bonchev–Trinajstić information content (AvgIpc) is 2.67. The van der Waals surface area contributed by atoms with Crippen molar-refractivity contribution < 1.29 is 8.81 Å². The molecular formula is C13H15FN2OS. The Bertz CT molecular complexity index is 540. The van der Waals surface area contributed by atoms with Crippen LogP contribution in [0.5, 0.6) is 0 Å². The van der Waals surface area contributed by atoms with Crippen LogP contribution < -0.4 is 5.73 Å². The maximum absolute atomic E-state index is 13.3. The third kappa shape index (κ3) is 3.34. The van der Waals surface area contributed by atoms with E-state index in [4.69, 9.17) is 10.2 Å². The number of rotatable bonds is 4. The van der Waals surface area contributed by atoms with Crippen molar-refractivity contribution in [2.75, 3.05) is 0 Å². The molecule has 1 aromatic heterocycles. The van der Waals surface area contributed by atoms with Crippen LogP contribution in [0.1, 0.15) is 18.2 Å². The normalized spacial score (nSPS) is 12.7. The number of hydrogen-bond acceptors (Lipinski definition) is 4. The number of oxazole rings is 1. The lowest BCUT2D eigenvalue weighted by Gasteiger charge is -2.10. The summed E-state index contributed by atoms with van der Waals surface area (Å²) < 4.78 is 18.5. The largest absolute Gasteiger partial charge is 0.439 e. The van der Waals surface area contributed by atoms with Gasteiger partial charge in [0.25, 0.3) is 5.22 Å². The highest BCUT2D eigenvalue weighted by Gasteiger charge is 2.11. The van der Waals surface area contributed by atoms with Crippen molar-refractivity contribution >= 4 is 11.8 Å². The molecule has 0 aliphatic rings. The van der Waals surface area contributed by atoms with Gasteiger partial charge in [0.05, 0.1) is 5.69 Å². The Labute approximate surface area is 110 Å². The van der Waals surface area contributed by atoms with Gasteiger partial charge in [-0.3, -0.25) is 0 Å². The van der Waals surface area contributed by atoms with Gasteiger partial charge in [0.1, 0.15) is 12.1 Å². The molecule has 18 heavy (non-hydrogen) atoms. The van der Waals surface area contributed by atoms with E-state index < -0.39 is 0 Å². The standard InChI is InChI=1S/C13H15FN2OS/c1-8(15)5-10-6-11(14)3-4-12(10)18-13-16-9(2)7-17-13/h3-4,6-8H,5,15H2,1-2H3. The van der Waals surface area contributed by atoms with Gasteiger partial charge in [0.15, 0.2) is 0 Å². The molecule has 0 spiro atoms. The third-order valence-corrected chi connectivity index (χ3v) is 3.34. The first kappa shape index (κ1) is 13.1. The Morgan fingerprint density at radius 2 is 2.28 bits per heavy atom. The number of aryl methyl sites for hydroxylation is 1. The zero-order chi connectivity index (χ0) is 13.1. The van der Waals surface area contributed by atoms with Crippen LogP contribution >= 0.6 is 11.8 Å². The molecule has 0 aliphatic carbocycles. The van der Waals surface area contributed by atoms with E-state index in [2.05, 4.69) is 4.98 Å². The Morgan fingerprint density at radius 3 is 2.89 bits per heavy atom. The predicted octanol–water partition coefficient (Wildman–Crippen LogP) is 3.16. The number of hydrogen-bond donors (Lipinski definition) is 1. The maximum Gasteiger partial charge on any atom is 0.260 e. The first-order chi connectivity index (χ1) is 8.54. The summed E-state index contributed by atoms with van der Waals surface area (Å²) in [5.74, 6) is -0.251. The molecule has 96 valence electrons. The van der Waals surface area contributed by atoms with Crippen LogP contribution in [-0.2, 0) is 6.42 Å². The molecular weight excluding hydrogens is 251 g/mol. The highest BCUT2D eigenvalue weighted by molar-refractivity contribution is 7.99. The molecule has 2 aromatic rings. The molecule has 1 aromatic carbocycles. The fraction of sp³-hybridized carbons (Fsp3) is 0.308. The van der Waals surface area contributed by atoms with Crippen LogP contribution in [0, 0.1) is 12.7 Å². The number of benzene rings is 1. The zero-order valence-corrected chi connectivity index (χ0v) is 11.1. The molecule has 0 bridgehead atoms. The second-order valence-electron chi connectivity index (χ2n) is 4.29. The van der Waals surface area contributed by atoms with Crippen molar-refractivity contribution in [2.24, 2.45) is 5.73 Å². The Morgan fingerprint density at radius 1 is 1.50 bits per heavy atom. The van der Waals surface area contributed by atoms with Gasteiger partial charge >= 0.3 is 0 Å². The minimum atomic E-state index is -0.251. The highest BCUT2D eigenvalue weighted by Crippen LogP contribution is 2.30. The SMILES string of the molecule is Cc1coc(Sc2ccc(F)cc2CC(C)N)n1. The molecule has 0 saturated heterocycles. The Kier molecular flexibility index (Phi) is 4.04. The van der Waals surface area contributed by atoms with Crippen molar-refractivity contribution in [3.63, 3.8) is 0 Å². The zero-order valence-electron chi connectivity index (χ0n) is 10.3. The van der Waals surface area contributed by atoms with E-state index in [1.165, 1.54) is 23.9 Å². The monoisotopic (exact) mass is 266 g/mol. The fourth-order valence-corrected chi connectivity index (χ4v) is 2.51. The van der Waals surface area contributed by atoms with Crippen LogP contribution in [0.4, 0.5) is 4.39 Å². The lowest BCUT2D eigenvalue weighted by Crippen LogP contribution is -2.18. The number of halogens is 1. The minimum Gasteiger partial charge on any atom is -0.439 e. The number of nitrogens with two attached hydrogens (primary N) is 1. The third-order valence-electron chi connectivity index (χ3n) is 2.36. The summed E-state index contributed by atoms with van der Waals surface area (Å²) in [6.07, 6.45) is 2.22. The number of nitrogens with zero attached hydrogens (tertiary/aromatic N) is 1. The van der Waals surface area contributed by atoms with Gasteiger partial charge in [-0.05, 0) is 55.8 Å². The highest BCUT2D eigenvalue weighted by atomic mass is 32.2. The van der Waals surface area contributed by atoms with Crippen molar-refractivity contribution in [3.8, 4) is 0 Å². The molecule has 0 aliphatic heterocycles. The van der Waals surface area contributed by atoms with Crippen molar-refractivity contribution in [2.45, 2.75) is 36.4 Å². The van der Waals surface area contributed by atoms with Gasteiger partial charge in [-0.2, -0.15) is 0 Å². The van der Waals surface area contributed by atoms with E-state index in [1.54, 1.807) is 12.3 Å². The summed E-state index contributed by atoms with van der Waals surface area (Å²) in [6, 6.07) is 4.67. The molecule has 3 nitrogen and oxygen atoms in total. The lowest BCUT2D eigenvalue weighted by atomic mass is 10.1. The predicted molar refractivity (Wildman–Crippen MR) is 69.1 cm³/mol. The topological polar surface area (TPSA) is 52.0 Å². The average molecular weight is 266 g/mol. The summed E-state index contributed by atoms with van der Waals surface area (Å²) in [5, 5.41) is 0.560. The second kappa shape index (κ2) is 5.54. The van der Waals surface area contributed by atoms with Crippen LogP contribution in [0.2, 0.25) is 0 Å². The summed E-state index contributed by atoms with van der Waals surface area (Å²) in [4.78, 5) is 5.15. The fourth-order valence-electron chi connectivity index (χ4n) is 1.63. The lowest BCUT2D eigenvalue weighted by molar-refractivity contribution is 0.454. The number of aromatic nitrogens is 1. The first-order valence-electron chi connectivity index (χ1n) is 5.68. The van der Waals surface area contributed by atoms with E-state index in [0.717, 1.165) is 16.2 Å². The van der Waals surface area contributed by atoms with Gasteiger partial charge in [-0.15, -0.1) is 0 Å². The molecule has 0 amide bonds. The molecule has 0 fully saturated rings. The quantitative estimate of drug-likeness (QED) is 0.923.